The smallest absolute Gasteiger partial charge is 0.411 e. The molecule has 1 amide bonds. The number of hydrogen-bond donors (Lipinski definition) is 1. The summed E-state index contributed by atoms with van der Waals surface area (Å²) in [6.45, 7) is 5.69. The van der Waals surface area contributed by atoms with Gasteiger partial charge in [0.25, 0.3) is 0 Å². The summed E-state index contributed by atoms with van der Waals surface area (Å²) in [5, 5.41) is 9.81. The van der Waals surface area contributed by atoms with Gasteiger partial charge in [-0.25, -0.2) is 4.79 Å². The molecule has 0 radical (unpaired) electrons. The number of carbonyl (C=O) groups is 1. The van der Waals surface area contributed by atoms with Gasteiger partial charge in [-0.2, -0.15) is 0 Å². The fourth-order valence-electron chi connectivity index (χ4n) is 2.42. The molecule has 1 atom stereocenters. The van der Waals surface area contributed by atoms with Crippen molar-refractivity contribution in [2.45, 2.75) is 25.6 Å². The van der Waals surface area contributed by atoms with E-state index in [0.717, 1.165) is 16.9 Å². The molecule has 0 heterocycles. The van der Waals surface area contributed by atoms with Crippen LogP contribution in [0.25, 0.3) is 0 Å². The van der Waals surface area contributed by atoms with Gasteiger partial charge in [0.1, 0.15) is 12.4 Å². The Hall–Kier alpha value is -2.79. The molecule has 0 aliphatic carbocycles. The zero-order valence-electron chi connectivity index (χ0n) is 15.2. The minimum atomic E-state index is -0.937. The van der Waals surface area contributed by atoms with Crippen LogP contribution in [0.1, 0.15) is 18.1 Å². The molecule has 2 aromatic carbocycles. The minimum Gasteiger partial charge on any atom is -0.497 e. The van der Waals surface area contributed by atoms with E-state index in [4.69, 9.17) is 9.47 Å². The molecule has 0 unspecified atom stereocenters. The number of aliphatic hydroxyl groups excluding tert-OH is 1. The van der Waals surface area contributed by atoms with Crippen molar-refractivity contribution in [3.8, 4) is 5.75 Å². The largest absolute Gasteiger partial charge is 0.497 e. The Morgan fingerprint density at radius 3 is 2.35 bits per heavy atom. The van der Waals surface area contributed by atoms with Gasteiger partial charge in [-0.15, -0.1) is 6.58 Å². The first-order valence-electron chi connectivity index (χ1n) is 8.38. The van der Waals surface area contributed by atoms with E-state index in [0.29, 0.717) is 0 Å². The van der Waals surface area contributed by atoms with Gasteiger partial charge in [0.2, 0.25) is 0 Å². The van der Waals surface area contributed by atoms with Crippen molar-refractivity contribution in [1.29, 1.82) is 0 Å². The Balaban J connectivity index is 2.16. The highest BCUT2D eigenvalue weighted by Crippen LogP contribution is 2.22. The number of hydrogen-bond acceptors (Lipinski definition) is 4. The summed E-state index contributed by atoms with van der Waals surface area (Å²) < 4.78 is 10.6. The zero-order chi connectivity index (χ0) is 19.0. The summed E-state index contributed by atoms with van der Waals surface area (Å²) in [4.78, 5) is 14.2. The molecule has 0 aliphatic rings. The molecule has 26 heavy (non-hydrogen) atoms. The first kappa shape index (κ1) is 19.5. The third kappa shape index (κ3) is 4.86. The van der Waals surface area contributed by atoms with Gasteiger partial charge >= 0.3 is 6.09 Å². The highest BCUT2D eigenvalue weighted by Gasteiger charge is 2.33. The van der Waals surface area contributed by atoms with Crippen LogP contribution in [0.5, 0.6) is 5.75 Å². The molecule has 0 bridgehead atoms. The quantitative estimate of drug-likeness (QED) is 0.732. The van der Waals surface area contributed by atoms with Crippen LogP contribution in [0.4, 0.5) is 4.79 Å². The Kier molecular flexibility index (Phi) is 6.81. The van der Waals surface area contributed by atoms with Crippen LogP contribution in [-0.2, 0) is 17.9 Å². The zero-order valence-corrected chi connectivity index (χ0v) is 15.2. The molecule has 0 aromatic heterocycles. The summed E-state index contributed by atoms with van der Waals surface area (Å²) in [7, 11) is 1.60. The average molecular weight is 355 g/mol. The lowest BCUT2D eigenvalue weighted by Crippen LogP contribution is -2.50. The average Bonchev–Trinajstić information content (AvgIpc) is 2.71. The molecule has 0 saturated carbocycles. The predicted octanol–water partition coefficient (Wildman–Crippen LogP) is 3.77. The third-order valence-corrected chi connectivity index (χ3v) is 4.30. The molecule has 0 aliphatic heterocycles. The molecule has 138 valence electrons. The first-order chi connectivity index (χ1) is 12.5. The summed E-state index contributed by atoms with van der Waals surface area (Å²) in [6, 6.07) is 16.9. The van der Waals surface area contributed by atoms with Crippen molar-refractivity contribution in [3.05, 3.63) is 78.4 Å². The summed E-state index contributed by atoms with van der Waals surface area (Å²) in [5.74, 6) is 0.737. The van der Waals surface area contributed by atoms with Gasteiger partial charge in [-0.05, 0) is 30.2 Å². The van der Waals surface area contributed by atoms with Crippen LogP contribution in [0.15, 0.2) is 67.3 Å². The number of nitrogens with zero attached hydrogens (tertiary/aromatic N) is 1. The lowest BCUT2D eigenvalue weighted by Gasteiger charge is -2.37. The molecule has 0 saturated heterocycles. The van der Waals surface area contributed by atoms with Crippen LogP contribution in [0.3, 0.4) is 0 Å². The summed E-state index contributed by atoms with van der Waals surface area (Å²) >= 11 is 0. The van der Waals surface area contributed by atoms with Crippen molar-refractivity contribution in [2.75, 3.05) is 13.7 Å². The third-order valence-electron chi connectivity index (χ3n) is 4.30. The van der Waals surface area contributed by atoms with Crippen molar-refractivity contribution >= 4 is 6.09 Å². The standard InChI is InChI=1S/C21H25NO4/c1-4-21(2,16-23)22(14-17-10-12-19(25-3)13-11-17)20(24)26-15-18-8-6-5-7-9-18/h4-13,23H,1,14-16H2,2-3H3/t21-/m0/s1. The van der Waals surface area contributed by atoms with Crippen LogP contribution < -0.4 is 4.74 Å². The molecule has 2 aromatic rings. The number of benzene rings is 2. The van der Waals surface area contributed by atoms with Gasteiger partial charge in [-0.1, -0.05) is 48.5 Å². The van der Waals surface area contributed by atoms with E-state index in [9.17, 15) is 9.90 Å². The minimum absolute atomic E-state index is 0.164. The normalized spacial score (nSPS) is 12.7. The predicted molar refractivity (Wildman–Crippen MR) is 101 cm³/mol. The van der Waals surface area contributed by atoms with Crippen LogP contribution in [-0.4, -0.2) is 35.4 Å². The second kappa shape index (κ2) is 9.06. The van der Waals surface area contributed by atoms with Gasteiger partial charge in [-0.3, -0.25) is 4.90 Å². The molecule has 0 spiro atoms. The van der Waals surface area contributed by atoms with Gasteiger partial charge < -0.3 is 14.6 Å². The number of aliphatic hydroxyl groups is 1. The van der Waals surface area contributed by atoms with Crippen LogP contribution in [0.2, 0.25) is 0 Å². The van der Waals surface area contributed by atoms with Crippen LogP contribution >= 0.6 is 0 Å². The molecule has 5 nitrogen and oxygen atoms in total. The van der Waals surface area contributed by atoms with E-state index < -0.39 is 11.6 Å². The number of rotatable bonds is 8. The lowest BCUT2D eigenvalue weighted by atomic mass is 10.0. The van der Waals surface area contributed by atoms with Gasteiger partial charge in [0.05, 0.1) is 19.3 Å². The van der Waals surface area contributed by atoms with E-state index in [1.807, 2.05) is 54.6 Å². The fourth-order valence-corrected chi connectivity index (χ4v) is 2.42. The van der Waals surface area contributed by atoms with Crippen LogP contribution in [0, 0.1) is 0 Å². The number of ether oxygens (including phenoxy) is 2. The molecular weight excluding hydrogens is 330 g/mol. The second-order valence-electron chi connectivity index (χ2n) is 6.19. The van der Waals surface area contributed by atoms with Crippen molar-refractivity contribution in [3.63, 3.8) is 0 Å². The molecule has 0 fully saturated rings. The Bertz CT molecular complexity index is 715. The molecule has 2 rings (SSSR count). The van der Waals surface area contributed by atoms with E-state index in [2.05, 4.69) is 6.58 Å². The second-order valence-corrected chi connectivity index (χ2v) is 6.19. The molecular formula is C21H25NO4. The molecule has 1 N–H and O–H groups in total. The number of carbonyl (C=O) groups excluding carboxylic acids is 1. The van der Waals surface area contributed by atoms with Crippen molar-refractivity contribution in [2.24, 2.45) is 0 Å². The topological polar surface area (TPSA) is 59.0 Å². The van der Waals surface area contributed by atoms with E-state index in [1.165, 1.54) is 4.90 Å². The highest BCUT2D eigenvalue weighted by molar-refractivity contribution is 5.69. The number of amides is 1. The Morgan fingerprint density at radius 1 is 1.15 bits per heavy atom. The SMILES string of the molecule is C=C[C@@](C)(CO)N(Cc1ccc(OC)cc1)C(=O)OCc1ccccc1. The fraction of sp³-hybridized carbons (Fsp3) is 0.286. The van der Waals surface area contributed by atoms with E-state index >= 15 is 0 Å². The Labute approximate surface area is 154 Å². The van der Waals surface area contributed by atoms with Crippen molar-refractivity contribution in [1.82, 2.24) is 4.90 Å². The maximum atomic E-state index is 12.7. The van der Waals surface area contributed by atoms with E-state index in [-0.39, 0.29) is 19.8 Å². The van der Waals surface area contributed by atoms with E-state index in [1.54, 1.807) is 20.1 Å². The Morgan fingerprint density at radius 2 is 1.81 bits per heavy atom. The van der Waals surface area contributed by atoms with Gasteiger partial charge in [0.15, 0.2) is 0 Å². The number of methoxy groups -OCH3 is 1. The first-order valence-corrected chi connectivity index (χ1v) is 8.38. The lowest BCUT2D eigenvalue weighted by molar-refractivity contribution is 0.0397. The van der Waals surface area contributed by atoms with Gasteiger partial charge in [0, 0.05) is 6.54 Å². The molecule has 5 heteroatoms. The summed E-state index contributed by atoms with van der Waals surface area (Å²) in [5.41, 5.74) is 0.854. The monoisotopic (exact) mass is 355 g/mol. The maximum Gasteiger partial charge on any atom is 0.411 e. The summed E-state index contributed by atoms with van der Waals surface area (Å²) in [6.07, 6.45) is 1.04. The van der Waals surface area contributed by atoms with Crippen molar-refractivity contribution < 1.29 is 19.4 Å². The highest BCUT2D eigenvalue weighted by atomic mass is 16.6. The maximum absolute atomic E-state index is 12.7.